The summed E-state index contributed by atoms with van der Waals surface area (Å²) < 4.78 is 0. The van der Waals surface area contributed by atoms with E-state index in [2.05, 4.69) is 60.7 Å². The Morgan fingerprint density at radius 3 is 1.59 bits per heavy atom. The van der Waals surface area contributed by atoms with Gasteiger partial charge in [0.15, 0.2) is 0 Å². The molecule has 0 nitrogen and oxygen atoms in total. The van der Waals surface area contributed by atoms with E-state index >= 15 is 0 Å². The number of allylic oxidation sites excluding steroid dienone is 2. The molecule has 0 aromatic heterocycles. The Balaban J connectivity index is 1.46. The van der Waals surface area contributed by atoms with Gasteiger partial charge in [-0.15, -0.1) is 23.5 Å². The summed E-state index contributed by atoms with van der Waals surface area (Å²) >= 11 is 4.01. The van der Waals surface area contributed by atoms with E-state index in [4.69, 9.17) is 0 Å². The van der Waals surface area contributed by atoms with E-state index < -0.39 is 0 Å². The monoisotopic (exact) mass is 322 g/mol. The molecule has 0 saturated carbocycles. The van der Waals surface area contributed by atoms with E-state index in [0.29, 0.717) is 0 Å². The highest BCUT2D eigenvalue weighted by atomic mass is 32.2. The Morgan fingerprint density at radius 1 is 0.636 bits per heavy atom. The van der Waals surface area contributed by atoms with Gasteiger partial charge in [-0.2, -0.15) is 0 Å². The molecule has 0 aliphatic carbocycles. The van der Waals surface area contributed by atoms with Crippen LogP contribution in [0, 0.1) is 0 Å². The number of thioether (sulfide) groups is 2. The summed E-state index contributed by atoms with van der Waals surface area (Å²) in [6.07, 6.45) is 7.09. The largest absolute Gasteiger partial charge is 0.126 e. The first-order valence-electron chi connectivity index (χ1n) is 7.71. The van der Waals surface area contributed by atoms with Crippen LogP contribution in [0.1, 0.15) is 35.1 Å². The molecule has 2 aromatic rings. The van der Waals surface area contributed by atoms with Crippen molar-refractivity contribution in [2.45, 2.75) is 24.3 Å². The smallest absolute Gasteiger partial charge is 0.0234 e. The van der Waals surface area contributed by atoms with Crippen LogP contribution in [0.5, 0.6) is 0 Å². The normalized spacial score (nSPS) is 16.4. The lowest BCUT2D eigenvalue weighted by Crippen LogP contribution is -1.96. The summed E-state index contributed by atoms with van der Waals surface area (Å²) in [6, 6.07) is 17.5. The maximum Gasteiger partial charge on any atom is 0.0234 e. The number of hydrogen-bond donors (Lipinski definition) is 0. The Morgan fingerprint density at radius 2 is 1.09 bits per heavy atom. The van der Waals surface area contributed by atoms with Crippen molar-refractivity contribution in [2.75, 3.05) is 0 Å². The van der Waals surface area contributed by atoms with Crippen LogP contribution in [0.15, 0.2) is 58.3 Å². The lowest BCUT2D eigenvalue weighted by Gasteiger charge is -2.18. The second-order valence-electron chi connectivity index (χ2n) is 5.70. The number of fused-ring (bicyclic) bond motifs is 2. The highest BCUT2D eigenvalue weighted by Gasteiger charge is 2.13. The van der Waals surface area contributed by atoms with Crippen LogP contribution in [-0.2, 0) is 11.5 Å². The molecular weight excluding hydrogens is 304 g/mol. The summed E-state index contributed by atoms with van der Waals surface area (Å²) in [5, 5.41) is 0. The Kier molecular flexibility index (Phi) is 4.13. The summed E-state index contributed by atoms with van der Waals surface area (Å²) in [4.78, 5) is 3.05. The first-order chi connectivity index (χ1) is 10.9. The van der Waals surface area contributed by atoms with Gasteiger partial charge in [0.1, 0.15) is 0 Å². The number of benzene rings is 2. The second kappa shape index (κ2) is 6.39. The summed E-state index contributed by atoms with van der Waals surface area (Å²) in [7, 11) is 0. The van der Waals surface area contributed by atoms with Gasteiger partial charge < -0.3 is 0 Å². The first-order valence-corrected chi connectivity index (χ1v) is 9.68. The van der Waals surface area contributed by atoms with Crippen molar-refractivity contribution in [3.63, 3.8) is 0 Å². The van der Waals surface area contributed by atoms with Gasteiger partial charge in [0, 0.05) is 11.5 Å². The lowest BCUT2D eigenvalue weighted by molar-refractivity contribution is 1.03. The maximum absolute atomic E-state index is 2.38. The second-order valence-corrected chi connectivity index (χ2v) is 7.90. The molecule has 0 radical (unpaired) electrons. The van der Waals surface area contributed by atoms with Gasteiger partial charge in [-0.25, -0.2) is 0 Å². The van der Waals surface area contributed by atoms with Crippen LogP contribution in [0.25, 0.3) is 12.2 Å². The van der Waals surface area contributed by atoms with E-state index in [1.807, 2.05) is 23.5 Å². The third-order valence-electron chi connectivity index (χ3n) is 4.19. The Bertz CT molecular complexity index is 690. The van der Waals surface area contributed by atoms with Crippen LogP contribution < -0.4 is 0 Å². The van der Waals surface area contributed by atoms with Crippen molar-refractivity contribution >= 4 is 35.7 Å². The molecule has 0 atom stereocenters. The van der Waals surface area contributed by atoms with Crippen molar-refractivity contribution < 1.29 is 0 Å². The molecule has 0 bridgehead atoms. The van der Waals surface area contributed by atoms with Gasteiger partial charge in [0.25, 0.3) is 0 Å². The molecule has 22 heavy (non-hydrogen) atoms. The Hall–Kier alpha value is -1.38. The van der Waals surface area contributed by atoms with Crippen molar-refractivity contribution in [3.05, 3.63) is 80.6 Å². The molecule has 2 heterocycles. The lowest BCUT2D eigenvalue weighted by atomic mass is 10.1. The number of rotatable bonds is 3. The fraction of sp³-hybridized carbons (Fsp3) is 0.200. The summed E-state index contributed by atoms with van der Waals surface area (Å²) in [5.74, 6) is 2.24. The van der Waals surface area contributed by atoms with Crippen molar-refractivity contribution in [2.24, 2.45) is 0 Å². The highest BCUT2D eigenvalue weighted by molar-refractivity contribution is 8.02. The molecule has 0 fully saturated rings. The van der Waals surface area contributed by atoms with Crippen LogP contribution in [-0.4, -0.2) is 0 Å². The van der Waals surface area contributed by atoms with Crippen molar-refractivity contribution in [1.82, 2.24) is 0 Å². The summed E-state index contributed by atoms with van der Waals surface area (Å²) in [5.41, 5.74) is 5.76. The van der Waals surface area contributed by atoms with Gasteiger partial charge in [0.2, 0.25) is 0 Å². The molecule has 2 aliphatic heterocycles. The first kappa shape index (κ1) is 14.2. The zero-order chi connectivity index (χ0) is 14.8. The average molecular weight is 322 g/mol. The minimum atomic E-state index is 1.12. The van der Waals surface area contributed by atoms with Crippen LogP contribution in [0.3, 0.4) is 0 Å². The molecule has 2 aromatic carbocycles. The van der Waals surface area contributed by atoms with E-state index in [9.17, 15) is 0 Å². The molecule has 2 aliphatic rings. The molecule has 110 valence electrons. The topological polar surface area (TPSA) is 0 Å². The van der Waals surface area contributed by atoms with Gasteiger partial charge in [-0.05, 0) is 57.1 Å². The molecule has 0 amide bonds. The third-order valence-corrected chi connectivity index (χ3v) is 6.48. The van der Waals surface area contributed by atoms with Crippen LogP contribution in [0.4, 0.5) is 0 Å². The standard InChI is InChI=1S/C20H18S2/c1-3-7-17-13-21-19(11-15(17)5-1)9-10-20-12-16-6-2-4-8-18(16)14-22-20/h1-8,11-12H,9-10,13-14H2. The molecule has 0 N–H and O–H groups in total. The fourth-order valence-electron chi connectivity index (χ4n) is 2.92. The van der Waals surface area contributed by atoms with Gasteiger partial charge >= 0.3 is 0 Å². The van der Waals surface area contributed by atoms with E-state index in [0.717, 1.165) is 11.5 Å². The van der Waals surface area contributed by atoms with Crippen molar-refractivity contribution in [1.29, 1.82) is 0 Å². The van der Waals surface area contributed by atoms with Crippen LogP contribution >= 0.6 is 23.5 Å². The van der Waals surface area contributed by atoms with E-state index in [1.165, 1.54) is 44.9 Å². The third kappa shape index (κ3) is 3.04. The maximum atomic E-state index is 2.38. The molecule has 0 saturated heterocycles. The Labute approximate surface area is 140 Å². The molecular formula is C20H18S2. The van der Waals surface area contributed by atoms with Crippen LogP contribution in [0.2, 0.25) is 0 Å². The minimum absolute atomic E-state index is 1.12. The quantitative estimate of drug-likeness (QED) is 0.646. The minimum Gasteiger partial charge on any atom is -0.126 e. The molecule has 4 rings (SSSR count). The molecule has 2 heteroatoms. The van der Waals surface area contributed by atoms with E-state index in [1.54, 1.807) is 0 Å². The fourth-order valence-corrected chi connectivity index (χ4v) is 5.04. The van der Waals surface area contributed by atoms with Gasteiger partial charge in [0.05, 0.1) is 0 Å². The zero-order valence-corrected chi connectivity index (χ0v) is 14.1. The molecule has 0 spiro atoms. The SMILES string of the molecule is C1=C(CCC2=Cc3ccccc3CS2)SCc2ccccc21. The van der Waals surface area contributed by atoms with Gasteiger partial charge in [-0.1, -0.05) is 48.5 Å². The highest BCUT2D eigenvalue weighted by Crippen LogP contribution is 2.39. The van der Waals surface area contributed by atoms with Crippen molar-refractivity contribution in [3.8, 4) is 0 Å². The zero-order valence-electron chi connectivity index (χ0n) is 12.4. The number of hydrogen-bond acceptors (Lipinski definition) is 2. The predicted octanol–water partition coefficient (Wildman–Crippen LogP) is 6.34. The summed E-state index contributed by atoms with van der Waals surface area (Å²) in [6.45, 7) is 0. The van der Waals surface area contributed by atoms with E-state index in [-0.39, 0.29) is 0 Å². The van der Waals surface area contributed by atoms with Gasteiger partial charge in [-0.3, -0.25) is 0 Å². The average Bonchev–Trinajstić information content (AvgIpc) is 2.59. The predicted molar refractivity (Wildman–Crippen MR) is 101 cm³/mol. The molecule has 0 unspecified atom stereocenters.